The van der Waals surface area contributed by atoms with E-state index in [2.05, 4.69) is 21.1 Å². The fraction of sp³-hybridized carbons (Fsp3) is 0.333. The summed E-state index contributed by atoms with van der Waals surface area (Å²) in [5.74, 6) is -0.495. The molecule has 0 saturated heterocycles. The van der Waals surface area contributed by atoms with Gasteiger partial charge in [0.15, 0.2) is 11.5 Å². The van der Waals surface area contributed by atoms with E-state index in [1.54, 1.807) is 19.1 Å². The number of amides is 2. The molecule has 122 valence electrons. The van der Waals surface area contributed by atoms with Crippen LogP contribution in [0.25, 0.3) is 0 Å². The topological polar surface area (TPSA) is 112 Å². The summed E-state index contributed by atoms with van der Waals surface area (Å²) in [5.41, 5.74) is 6.05. The number of phenols is 1. The van der Waals surface area contributed by atoms with E-state index in [4.69, 9.17) is 4.74 Å². The van der Waals surface area contributed by atoms with Crippen molar-refractivity contribution in [3.05, 3.63) is 23.8 Å². The highest BCUT2D eigenvalue weighted by atomic mass is 16.5. The van der Waals surface area contributed by atoms with Gasteiger partial charge in [0.1, 0.15) is 0 Å². The van der Waals surface area contributed by atoms with E-state index < -0.39 is 0 Å². The van der Waals surface area contributed by atoms with Gasteiger partial charge in [0.25, 0.3) is 0 Å². The Kier molecular flexibility index (Phi) is 5.29. The number of hydrazone groups is 2. The molecule has 0 bridgehead atoms. The van der Waals surface area contributed by atoms with E-state index in [1.807, 2.05) is 0 Å². The van der Waals surface area contributed by atoms with Gasteiger partial charge in [0.2, 0.25) is 11.8 Å². The number of methoxy groups -OCH3 is 1. The van der Waals surface area contributed by atoms with Crippen LogP contribution < -0.4 is 15.6 Å². The maximum atomic E-state index is 11.7. The van der Waals surface area contributed by atoms with E-state index in [1.165, 1.54) is 19.4 Å². The predicted molar refractivity (Wildman–Crippen MR) is 84.4 cm³/mol. The second-order valence-corrected chi connectivity index (χ2v) is 5.04. The molecule has 2 rings (SSSR count). The Morgan fingerprint density at radius 1 is 1.57 bits per heavy atom. The minimum absolute atomic E-state index is 0.00946. The van der Waals surface area contributed by atoms with Crippen molar-refractivity contribution in [3.63, 3.8) is 0 Å². The lowest BCUT2D eigenvalue weighted by Gasteiger charge is -2.06. The maximum absolute atomic E-state index is 11.7. The van der Waals surface area contributed by atoms with Gasteiger partial charge in [0.05, 0.1) is 19.2 Å². The van der Waals surface area contributed by atoms with Gasteiger partial charge in [-0.2, -0.15) is 10.2 Å². The lowest BCUT2D eigenvalue weighted by atomic mass is 9.99. The van der Waals surface area contributed by atoms with Crippen molar-refractivity contribution >= 4 is 23.7 Å². The van der Waals surface area contributed by atoms with Crippen LogP contribution in [0.5, 0.6) is 11.5 Å². The molecular formula is C15H18N4O4. The third-order valence-corrected chi connectivity index (χ3v) is 3.43. The van der Waals surface area contributed by atoms with Crippen molar-refractivity contribution in [2.75, 3.05) is 7.11 Å². The van der Waals surface area contributed by atoms with Crippen molar-refractivity contribution in [3.8, 4) is 11.5 Å². The number of hydrogen-bond acceptors (Lipinski definition) is 6. The molecule has 0 radical (unpaired) electrons. The van der Waals surface area contributed by atoms with Crippen molar-refractivity contribution < 1.29 is 19.4 Å². The standard InChI is InChI=1S/C15H18N4O4/c1-9-11(15(22)19-17-9)4-6-14(21)18-16-8-10-3-5-13(23-2)12(20)7-10/h3,5,7-8,11,20H,4,6H2,1-2H3,(H,18,21)(H,19,22)/b16-8-. The fourth-order valence-electron chi connectivity index (χ4n) is 2.13. The zero-order valence-corrected chi connectivity index (χ0v) is 12.9. The summed E-state index contributed by atoms with van der Waals surface area (Å²) in [6.07, 6.45) is 1.95. The van der Waals surface area contributed by atoms with Gasteiger partial charge in [-0.05, 0) is 37.1 Å². The highest BCUT2D eigenvalue weighted by molar-refractivity contribution is 6.07. The van der Waals surface area contributed by atoms with Crippen LogP contribution in [0, 0.1) is 5.92 Å². The fourth-order valence-corrected chi connectivity index (χ4v) is 2.13. The van der Waals surface area contributed by atoms with Crippen LogP contribution in [0.15, 0.2) is 28.4 Å². The van der Waals surface area contributed by atoms with Gasteiger partial charge in [-0.15, -0.1) is 0 Å². The second kappa shape index (κ2) is 7.39. The lowest BCUT2D eigenvalue weighted by Crippen LogP contribution is -2.25. The molecule has 23 heavy (non-hydrogen) atoms. The number of rotatable bonds is 6. The van der Waals surface area contributed by atoms with Crippen molar-refractivity contribution in [1.82, 2.24) is 10.9 Å². The average Bonchev–Trinajstić information content (AvgIpc) is 2.84. The van der Waals surface area contributed by atoms with Gasteiger partial charge in [-0.25, -0.2) is 10.9 Å². The zero-order chi connectivity index (χ0) is 16.8. The SMILES string of the molecule is COc1ccc(/C=N\NC(=O)CCC2C(=O)NN=C2C)cc1O. The molecule has 0 spiro atoms. The van der Waals surface area contributed by atoms with Crippen LogP contribution in [0.1, 0.15) is 25.3 Å². The van der Waals surface area contributed by atoms with Crippen LogP contribution in [0.4, 0.5) is 0 Å². The van der Waals surface area contributed by atoms with Gasteiger partial charge in [0, 0.05) is 12.1 Å². The summed E-state index contributed by atoms with van der Waals surface area (Å²) in [6.45, 7) is 1.74. The minimum atomic E-state index is -0.358. The number of phenolic OH excluding ortho intramolecular Hbond substituents is 1. The first-order chi connectivity index (χ1) is 11.0. The molecule has 1 unspecified atom stereocenters. The number of benzene rings is 1. The Morgan fingerprint density at radius 2 is 2.35 bits per heavy atom. The minimum Gasteiger partial charge on any atom is -0.504 e. The second-order valence-electron chi connectivity index (χ2n) is 5.04. The molecule has 8 nitrogen and oxygen atoms in total. The summed E-state index contributed by atoms with van der Waals surface area (Å²) in [6, 6.07) is 4.76. The number of ether oxygens (including phenoxy) is 1. The van der Waals surface area contributed by atoms with Gasteiger partial charge < -0.3 is 9.84 Å². The largest absolute Gasteiger partial charge is 0.504 e. The Bertz CT molecular complexity index is 669. The van der Waals surface area contributed by atoms with E-state index in [9.17, 15) is 14.7 Å². The summed E-state index contributed by atoms with van der Waals surface area (Å²) in [4.78, 5) is 23.2. The molecule has 1 atom stereocenters. The molecule has 3 N–H and O–H groups in total. The molecule has 1 aromatic rings. The summed E-state index contributed by atoms with van der Waals surface area (Å²) >= 11 is 0. The van der Waals surface area contributed by atoms with Crippen LogP contribution in [0.3, 0.4) is 0 Å². The van der Waals surface area contributed by atoms with Gasteiger partial charge in [-0.1, -0.05) is 0 Å². The molecule has 1 aliphatic heterocycles. The quantitative estimate of drug-likeness (QED) is 0.531. The van der Waals surface area contributed by atoms with Crippen molar-refractivity contribution in [1.29, 1.82) is 0 Å². The average molecular weight is 318 g/mol. The van der Waals surface area contributed by atoms with Crippen LogP contribution in [-0.4, -0.2) is 36.0 Å². The summed E-state index contributed by atoms with van der Waals surface area (Å²) < 4.78 is 4.93. The Morgan fingerprint density at radius 3 is 2.96 bits per heavy atom. The lowest BCUT2D eigenvalue weighted by molar-refractivity contribution is -0.123. The number of carbonyl (C=O) groups excluding carboxylic acids is 2. The highest BCUT2D eigenvalue weighted by Gasteiger charge is 2.26. The van der Waals surface area contributed by atoms with Crippen LogP contribution in [0.2, 0.25) is 0 Å². The molecule has 1 aromatic carbocycles. The Hall–Kier alpha value is -2.90. The highest BCUT2D eigenvalue weighted by Crippen LogP contribution is 2.25. The number of nitrogens with one attached hydrogen (secondary N) is 2. The molecule has 1 heterocycles. The van der Waals surface area contributed by atoms with E-state index in [-0.39, 0.29) is 29.9 Å². The number of nitrogens with zero attached hydrogens (tertiary/aromatic N) is 2. The van der Waals surface area contributed by atoms with Gasteiger partial charge in [-0.3, -0.25) is 9.59 Å². The molecule has 1 aliphatic rings. The first kappa shape index (κ1) is 16.5. The summed E-state index contributed by atoms with van der Waals surface area (Å²) in [7, 11) is 1.46. The molecule has 0 aliphatic carbocycles. The van der Waals surface area contributed by atoms with E-state index in [0.717, 1.165) is 0 Å². The molecule has 8 heteroatoms. The monoisotopic (exact) mass is 318 g/mol. The third-order valence-electron chi connectivity index (χ3n) is 3.43. The van der Waals surface area contributed by atoms with Crippen LogP contribution >= 0.6 is 0 Å². The van der Waals surface area contributed by atoms with Crippen molar-refractivity contribution in [2.24, 2.45) is 16.1 Å². The predicted octanol–water partition coefficient (Wildman–Crippen LogP) is 0.753. The summed E-state index contributed by atoms with van der Waals surface area (Å²) in [5, 5.41) is 17.3. The molecule has 0 fully saturated rings. The Balaban J connectivity index is 1.81. The molecule has 2 amide bonds. The number of carbonyl (C=O) groups is 2. The van der Waals surface area contributed by atoms with Crippen LogP contribution in [-0.2, 0) is 9.59 Å². The number of aromatic hydroxyl groups is 1. The zero-order valence-electron chi connectivity index (χ0n) is 12.9. The van der Waals surface area contributed by atoms with E-state index in [0.29, 0.717) is 23.4 Å². The molecule has 0 aromatic heterocycles. The van der Waals surface area contributed by atoms with E-state index >= 15 is 0 Å². The normalized spacial score (nSPS) is 17.0. The Labute approximate surface area is 133 Å². The first-order valence-electron chi connectivity index (χ1n) is 7.04. The van der Waals surface area contributed by atoms with Crippen molar-refractivity contribution in [2.45, 2.75) is 19.8 Å². The first-order valence-corrected chi connectivity index (χ1v) is 7.04. The number of hydrogen-bond donors (Lipinski definition) is 3. The maximum Gasteiger partial charge on any atom is 0.248 e. The van der Waals surface area contributed by atoms with Gasteiger partial charge >= 0.3 is 0 Å². The molecule has 0 saturated carbocycles. The third kappa shape index (κ3) is 4.29. The molecular weight excluding hydrogens is 300 g/mol. The smallest absolute Gasteiger partial charge is 0.248 e.